The van der Waals surface area contributed by atoms with Gasteiger partial charge in [-0.05, 0) is 82.1 Å². The second-order valence-electron chi connectivity index (χ2n) is 11.8. The first-order chi connectivity index (χ1) is 15.1. The number of likely N-dealkylation sites (tertiary alicyclic amines) is 1. The van der Waals surface area contributed by atoms with E-state index in [1.807, 2.05) is 36.9 Å². The highest BCUT2D eigenvalue weighted by Gasteiger charge is 2.59. The van der Waals surface area contributed by atoms with Crippen molar-refractivity contribution >= 4 is 12.0 Å². The van der Waals surface area contributed by atoms with Crippen molar-refractivity contribution in [3.05, 3.63) is 35.9 Å². The molecule has 4 bridgehead atoms. The molecular weight excluding hydrogens is 404 g/mol. The standard InChI is InChI=1S/C26H36N2O4/c1-24(2,31)15-25(20-6-4-3-5-7-20)8-9-28(16-25)23(30)32-21-18-10-17-11-19(21)14-26(12-17,13-18)22(27)29/h3-7,17-19,21,31H,8-16H2,1-2H3,(H2,27,29). The van der Waals surface area contributed by atoms with Crippen LogP contribution in [-0.4, -0.2) is 46.8 Å². The van der Waals surface area contributed by atoms with Gasteiger partial charge in [0.2, 0.25) is 5.91 Å². The molecule has 4 saturated carbocycles. The van der Waals surface area contributed by atoms with E-state index in [1.165, 1.54) is 0 Å². The second kappa shape index (κ2) is 7.47. The highest BCUT2D eigenvalue weighted by atomic mass is 16.6. The molecule has 3 atom stereocenters. The molecular formula is C26H36N2O4. The van der Waals surface area contributed by atoms with Crippen molar-refractivity contribution in [2.45, 2.75) is 75.9 Å². The molecule has 1 saturated heterocycles. The van der Waals surface area contributed by atoms with E-state index >= 15 is 0 Å². The average molecular weight is 441 g/mol. The smallest absolute Gasteiger partial charge is 0.410 e. The number of rotatable bonds is 5. The Morgan fingerprint density at radius 1 is 1.16 bits per heavy atom. The van der Waals surface area contributed by atoms with E-state index in [1.54, 1.807) is 0 Å². The van der Waals surface area contributed by atoms with Gasteiger partial charge in [0.25, 0.3) is 0 Å². The number of ether oxygens (including phenoxy) is 1. The summed E-state index contributed by atoms with van der Waals surface area (Å²) in [4.78, 5) is 27.3. The molecule has 174 valence electrons. The Balaban J connectivity index is 1.30. The summed E-state index contributed by atoms with van der Waals surface area (Å²) in [6, 6.07) is 10.2. The van der Waals surface area contributed by atoms with Gasteiger partial charge in [-0.3, -0.25) is 4.79 Å². The van der Waals surface area contributed by atoms with Crippen molar-refractivity contribution in [2.75, 3.05) is 13.1 Å². The van der Waals surface area contributed by atoms with Crippen LogP contribution in [0.4, 0.5) is 4.79 Å². The molecule has 6 heteroatoms. The van der Waals surface area contributed by atoms with E-state index in [0.29, 0.717) is 25.4 Å². The number of primary amides is 1. The number of aliphatic hydroxyl groups is 1. The van der Waals surface area contributed by atoms with Crippen molar-refractivity contribution in [2.24, 2.45) is 28.9 Å². The van der Waals surface area contributed by atoms with E-state index in [-0.39, 0.29) is 40.8 Å². The fraction of sp³-hybridized carbons (Fsp3) is 0.692. The van der Waals surface area contributed by atoms with Gasteiger partial charge < -0.3 is 20.5 Å². The van der Waals surface area contributed by atoms with Gasteiger partial charge in [0.05, 0.1) is 11.0 Å². The number of hydrogen-bond acceptors (Lipinski definition) is 4. The maximum Gasteiger partial charge on any atom is 0.410 e. The molecule has 0 aromatic heterocycles. The minimum atomic E-state index is -0.833. The zero-order valence-corrected chi connectivity index (χ0v) is 19.3. The quantitative estimate of drug-likeness (QED) is 0.732. The van der Waals surface area contributed by atoms with Crippen LogP contribution >= 0.6 is 0 Å². The van der Waals surface area contributed by atoms with Gasteiger partial charge in [0, 0.05) is 18.5 Å². The molecule has 5 fully saturated rings. The molecule has 1 aromatic rings. The zero-order valence-electron chi connectivity index (χ0n) is 19.3. The van der Waals surface area contributed by atoms with Crippen LogP contribution in [0.2, 0.25) is 0 Å². The molecule has 5 aliphatic rings. The van der Waals surface area contributed by atoms with E-state index in [9.17, 15) is 14.7 Å². The first-order valence-corrected chi connectivity index (χ1v) is 12.1. The topological polar surface area (TPSA) is 92.9 Å². The van der Waals surface area contributed by atoms with Gasteiger partial charge in [-0.1, -0.05) is 30.3 Å². The lowest BCUT2D eigenvalue weighted by Gasteiger charge is -2.58. The summed E-state index contributed by atoms with van der Waals surface area (Å²) in [6.07, 6.45) is 5.56. The zero-order chi connectivity index (χ0) is 22.7. The lowest BCUT2D eigenvalue weighted by Crippen LogP contribution is -2.59. The highest BCUT2D eigenvalue weighted by molar-refractivity contribution is 5.81. The number of hydrogen-bond donors (Lipinski definition) is 2. The second-order valence-corrected chi connectivity index (χ2v) is 11.8. The fourth-order valence-electron chi connectivity index (χ4n) is 7.79. The lowest BCUT2D eigenvalue weighted by molar-refractivity contribution is -0.161. The van der Waals surface area contributed by atoms with Crippen molar-refractivity contribution in [1.29, 1.82) is 0 Å². The monoisotopic (exact) mass is 440 g/mol. The highest BCUT2D eigenvalue weighted by Crippen LogP contribution is 2.60. The van der Waals surface area contributed by atoms with Crippen LogP contribution in [-0.2, 0) is 14.9 Å². The molecule has 3 N–H and O–H groups in total. The van der Waals surface area contributed by atoms with Gasteiger partial charge >= 0.3 is 6.09 Å². The summed E-state index contributed by atoms with van der Waals surface area (Å²) in [5, 5.41) is 10.6. The number of amides is 2. The van der Waals surface area contributed by atoms with Crippen molar-refractivity contribution < 1.29 is 19.4 Å². The summed E-state index contributed by atoms with van der Waals surface area (Å²) in [5.74, 6) is 0.867. The molecule has 1 aromatic carbocycles. The molecule has 1 aliphatic heterocycles. The molecule has 4 aliphatic carbocycles. The first kappa shape index (κ1) is 21.7. The van der Waals surface area contributed by atoms with Gasteiger partial charge in [-0.15, -0.1) is 0 Å². The van der Waals surface area contributed by atoms with Crippen LogP contribution in [0.5, 0.6) is 0 Å². The molecule has 1 heterocycles. The number of carbonyl (C=O) groups excluding carboxylic acids is 2. The summed E-state index contributed by atoms with van der Waals surface area (Å²) in [7, 11) is 0. The minimum absolute atomic E-state index is 0.104. The Morgan fingerprint density at radius 3 is 2.41 bits per heavy atom. The van der Waals surface area contributed by atoms with Crippen LogP contribution in [0, 0.1) is 23.2 Å². The predicted molar refractivity (Wildman–Crippen MR) is 121 cm³/mol. The molecule has 6 nitrogen and oxygen atoms in total. The fourth-order valence-corrected chi connectivity index (χ4v) is 7.79. The van der Waals surface area contributed by atoms with E-state index < -0.39 is 5.60 Å². The molecule has 0 radical (unpaired) electrons. The molecule has 32 heavy (non-hydrogen) atoms. The Morgan fingerprint density at radius 2 is 1.81 bits per heavy atom. The normalized spacial score (nSPS) is 38.2. The number of nitrogens with zero attached hydrogens (tertiary/aromatic N) is 1. The van der Waals surface area contributed by atoms with E-state index in [0.717, 1.165) is 44.1 Å². The molecule has 0 spiro atoms. The van der Waals surface area contributed by atoms with Crippen LogP contribution in [0.3, 0.4) is 0 Å². The largest absolute Gasteiger partial charge is 0.446 e. The molecule has 2 amide bonds. The summed E-state index contributed by atoms with van der Waals surface area (Å²) in [5.41, 5.74) is 5.48. The first-order valence-electron chi connectivity index (χ1n) is 12.1. The van der Waals surface area contributed by atoms with Crippen LogP contribution in [0.15, 0.2) is 30.3 Å². The lowest BCUT2D eigenvalue weighted by atomic mass is 9.48. The average Bonchev–Trinajstić information content (AvgIpc) is 3.14. The Hall–Kier alpha value is -2.08. The van der Waals surface area contributed by atoms with E-state index in [4.69, 9.17) is 10.5 Å². The van der Waals surface area contributed by atoms with Gasteiger partial charge in [-0.2, -0.15) is 0 Å². The molecule has 3 unspecified atom stereocenters. The maximum atomic E-state index is 13.3. The number of nitrogens with two attached hydrogens (primary N) is 1. The van der Waals surface area contributed by atoms with Crippen LogP contribution in [0.1, 0.15) is 64.4 Å². The van der Waals surface area contributed by atoms with Gasteiger partial charge in [0.15, 0.2) is 0 Å². The van der Waals surface area contributed by atoms with E-state index in [2.05, 4.69) is 12.1 Å². The van der Waals surface area contributed by atoms with Gasteiger partial charge in [-0.25, -0.2) is 4.79 Å². The summed E-state index contributed by atoms with van der Waals surface area (Å²) < 4.78 is 6.17. The minimum Gasteiger partial charge on any atom is -0.446 e. The Kier molecular flexibility index (Phi) is 5.08. The number of benzene rings is 1. The van der Waals surface area contributed by atoms with Crippen LogP contribution < -0.4 is 5.73 Å². The third-order valence-electron chi connectivity index (χ3n) is 8.72. The van der Waals surface area contributed by atoms with Crippen molar-refractivity contribution in [3.63, 3.8) is 0 Å². The van der Waals surface area contributed by atoms with Gasteiger partial charge in [0.1, 0.15) is 6.10 Å². The van der Waals surface area contributed by atoms with Crippen molar-refractivity contribution in [3.8, 4) is 0 Å². The molecule has 6 rings (SSSR count). The predicted octanol–water partition coefficient (Wildman–Crippen LogP) is 3.61. The summed E-state index contributed by atoms with van der Waals surface area (Å²) in [6.45, 7) is 4.85. The SMILES string of the molecule is CC(C)(O)CC1(c2ccccc2)CCN(C(=O)OC2C3CC4CC2CC(C(N)=O)(C4)C3)C1. The van der Waals surface area contributed by atoms with Crippen molar-refractivity contribution in [1.82, 2.24) is 4.90 Å². The Bertz CT molecular complexity index is 879. The third-order valence-corrected chi connectivity index (χ3v) is 8.72. The van der Waals surface area contributed by atoms with Crippen LogP contribution in [0.25, 0.3) is 0 Å². The third kappa shape index (κ3) is 3.70. The Labute approximate surface area is 190 Å². The number of carbonyl (C=O) groups is 2. The summed E-state index contributed by atoms with van der Waals surface area (Å²) >= 11 is 0. The maximum absolute atomic E-state index is 13.3.